The summed E-state index contributed by atoms with van der Waals surface area (Å²) in [6.07, 6.45) is -11.8. The van der Waals surface area contributed by atoms with Crippen molar-refractivity contribution in [2.75, 3.05) is 55.9 Å². The van der Waals surface area contributed by atoms with Crippen molar-refractivity contribution in [3.63, 3.8) is 0 Å². The normalized spacial score (nSPS) is 21.6. The molecule has 25 nitrogen and oxygen atoms in total. The van der Waals surface area contributed by atoms with Crippen LogP contribution in [0.1, 0.15) is 93.8 Å². The summed E-state index contributed by atoms with van der Waals surface area (Å²) in [4.78, 5) is 102. The minimum absolute atomic E-state index is 0. The number of ether oxygens (including phenoxy) is 4. The van der Waals surface area contributed by atoms with E-state index in [1.807, 2.05) is 60.7 Å². The molecule has 2 heterocycles. The van der Waals surface area contributed by atoms with Crippen molar-refractivity contribution in [1.82, 2.24) is 26.6 Å². The van der Waals surface area contributed by atoms with E-state index in [0.29, 0.717) is 57.0 Å². The number of hydrogen-bond donors (Lipinski definition) is 11. The summed E-state index contributed by atoms with van der Waals surface area (Å²) >= 11 is 6.36. The number of Topliss-reactive ketones (excluding diaryl/α,β-unsaturated/α-hetero) is 1. The van der Waals surface area contributed by atoms with E-state index in [0.717, 1.165) is 29.2 Å². The minimum atomic E-state index is -2.59. The monoisotopic (exact) mass is 1460 g/mol. The van der Waals surface area contributed by atoms with E-state index in [9.17, 15) is 74.1 Å². The molecule has 2 saturated heterocycles. The Labute approximate surface area is 623 Å². The third-order valence-electron chi connectivity index (χ3n) is 15.6. The molecule has 97 heavy (non-hydrogen) atoms. The first-order valence-electron chi connectivity index (χ1n) is 30.5. The molecule has 0 bridgehead atoms. The minimum Gasteiger partial charge on any atom is -0.870 e. The first kappa shape index (κ1) is 84.4. The van der Waals surface area contributed by atoms with Gasteiger partial charge in [0.2, 0.25) is 17.6 Å². The Morgan fingerprint density at radius 2 is 1.03 bits per heavy atom. The van der Waals surface area contributed by atoms with Gasteiger partial charge in [-0.1, -0.05) is 101 Å². The molecule has 5 amide bonds. The predicted molar refractivity (Wildman–Crippen MR) is 353 cm³/mol. The third-order valence-corrected chi connectivity index (χ3v) is 18.4. The average Bonchev–Trinajstić information content (AvgIpc) is 0.782. The molecule has 12 atom stereocenters. The number of rotatable bonds is 35. The summed E-state index contributed by atoms with van der Waals surface area (Å²) < 4.78 is 23.6. The number of aliphatic carboxylic acids is 1. The summed E-state index contributed by atoms with van der Waals surface area (Å²) in [5, 5.41) is 92.4. The summed E-state index contributed by atoms with van der Waals surface area (Å²) in [6, 6.07) is 34.5. The molecule has 0 saturated carbocycles. The second-order valence-corrected chi connectivity index (χ2v) is 25.9. The Hall–Kier alpha value is -5.00. The number of carbonyl (C=O) groups is 7. The number of benzene rings is 5. The van der Waals surface area contributed by atoms with Gasteiger partial charge in [-0.2, -0.15) is 23.5 Å². The van der Waals surface area contributed by atoms with Crippen LogP contribution in [0.3, 0.4) is 0 Å². The number of aliphatic hydroxyl groups excluding tert-OH is 6. The Balaban J connectivity index is 0.00000667. The van der Waals surface area contributed by atoms with Crippen LogP contribution >= 0.6 is 39.5 Å². The van der Waals surface area contributed by atoms with Crippen molar-refractivity contribution in [3.8, 4) is 22.3 Å². The van der Waals surface area contributed by atoms with Gasteiger partial charge in [0.05, 0.1) is 48.9 Å². The number of ketones is 1. The molecule has 514 valence electrons. The number of carboxylic acid groups (broad SMARTS) is 1. The van der Waals surface area contributed by atoms with Gasteiger partial charge >= 0.3 is 59.1 Å². The molecular weight excluding hydrogens is 1380 g/mol. The first-order chi connectivity index (χ1) is 45.0. The van der Waals surface area contributed by atoms with Crippen LogP contribution in [0.15, 0.2) is 132 Å². The fourth-order valence-corrected chi connectivity index (χ4v) is 12.9. The van der Waals surface area contributed by atoms with Crippen LogP contribution in [-0.2, 0) is 38.1 Å². The average molecular weight is 1460 g/mol. The van der Waals surface area contributed by atoms with E-state index in [1.54, 1.807) is 66.9 Å². The SMILES string of the molecule is CC(=O)N[C@H]1[C@H]([C@H](O)[C@H](O)CNC(=O)c2ccc(-c3ccccc3)cc2)O[C@]([C-]=O)(OCCCSCCNC(=O)c2ccc(C(=O)CCCSCCCO[C@]3(C(=O)[O-])C[C@H](O)[C@@H](NC(C)=O)[C@H]([C@H](O)[C@H](O)CNC(=O)c4ccc(-c5ccccc5)cc4)O3)c(Br)c2)C[C@@H]1O.[Na+].[Na+].[OH-]. The molecule has 2 aliphatic heterocycles. The smallest absolute Gasteiger partial charge is 0.870 e. The second-order valence-electron chi connectivity index (χ2n) is 22.6. The Bertz CT molecular complexity index is 3360. The van der Waals surface area contributed by atoms with Gasteiger partial charge in [-0.05, 0) is 101 Å². The van der Waals surface area contributed by atoms with Gasteiger partial charge in [0.1, 0.15) is 30.4 Å². The maximum atomic E-state index is 13.2. The molecule has 12 N–H and O–H groups in total. The number of hydrogen-bond acceptors (Lipinski definition) is 22. The van der Waals surface area contributed by atoms with Crippen molar-refractivity contribution in [2.24, 2.45) is 0 Å². The van der Waals surface area contributed by atoms with Crippen LogP contribution < -0.4 is 90.8 Å². The largest absolute Gasteiger partial charge is 1.00 e. The van der Waals surface area contributed by atoms with E-state index in [1.165, 1.54) is 36.5 Å². The zero-order valence-corrected chi connectivity index (χ0v) is 61.4. The van der Waals surface area contributed by atoms with Crippen molar-refractivity contribution in [3.05, 3.63) is 154 Å². The topological polar surface area (TPSA) is 408 Å². The van der Waals surface area contributed by atoms with E-state index in [-0.39, 0.29) is 114 Å². The Morgan fingerprint density at radius 3 is 1.51 bits per heavy atom. The van der Waals surface area contributed by atoms with Crippen molar-refractivity contribution < 1.29 is 158 Å². The molecule has 7 rings (SSSR count). The van der Waals surface area contributed by atoms with Gasteiger partial charge in [0.15, 0.2) is 5.78 Å². The molecule has 2 aliphatic rings. The predicted octanol–water partition coefficient (Wildman–Crippen LogP) is -3.55. The summed E-state index contributed by atoms with van der Waals surface area (Å²) in [5.41, 5.74) is 4.91. The number of carboxylic acids is 1. The van der Waals surface area contributed by atoms with Crippen LogP contribution in [0.2, 0.25) is 0 Å². The van der Waals surface area contributed by atoms with Crippen LogP contribution in [0.25, 0.3) is 22.3 Å². The molecule has 0 radical (unpaired) electrons. The maximum Gasteiger partial charge on any atom is 1.00 e. The van der Waals surface area contributed by atoms with Crippen LogP contribution in [-0.4, -0.2) is 212 Å². The van der Waals surface area contributed by atoms with E-state index < -0.39 is 128 Å². The van der Waals surface area contributed by atoms with Crippen molar-refractivity contribution in [2.45, 2.75) is 125 Å². The quantitative estimate of drug-likeness (QED) is 0.00810. The molecule has 0 unspecified atom stereocenters. The van der Waals surface area contributed by atoms with Crippen molar-refractivity contribution >= 4 is 87.0 Å². The van der Waals surface area contributed by atoms with Gasteiger partial charge in [-0.15, -0.1) is 0 Å². The number of aliphatic hydroxyl groups is 6. The van der Waals surface area contributed by atoms with Gasteiger partial charge in [-0.25, -0.2) is 6.29 Å². The molecular formula is C67H79BrN5Na2O20S2-. The summed E-state index contributed by atoms with van der Waals surface area (Å²) in [6.45, 7) is 1.37. The summed E-state index contributed by atoms with van der Waals surface area (Å²) in [5.74, 6) is -7.52. The van der Waals surface area contributed by atoms with Crippen LogP contribution in [0.4, 0.5) is 0 Å². The molecule has 5 aromatic rings. The number of nitrogens with one attached hydrogen (secondary N) is 5. The number of carbonyl (C=O) groups excluding carboxylic acids is 8. The fraction of sp³-hybridized carbons (Fsp3) is 0.433. The molecule has 5 aromatic carbocycles. The fourth-order valence-electron chi connectivity index (χ4n) is 10.6. The number of amides is 5. The van der Waals surface area contributed by atoms with Gasteiger partial charge in [0, 0.05) is 91.8 Å². The zero-order chi connectivity index (χ0) is 68.0. The van der Waals surface area contributed by atoms with Gasteiger partial charge in [0.25, 0.3) is 17.7 Å². The molecule has 0 aromatic heterocycles. The number of halogens is 1. The van der Waals surface area contributed by atoms with Crippen LogP contribution in [0.5, 0.6) is 0 Å². The molecule has 0 aliphatic carbocycles. The standard InChI is InChI=1S/C67H79BrN5O19S2.2Na.H2O/c1-40(75)72-56-52(78)35-66(39-74,91-60(56)58(82)54(80)37-70-62(84)46-21-17-44(18-22-46)42-12-5-3-6-13-42)89-28-10-32-94-33-27-69-64(86)48-25-26-49(50(68)34-48)51(77)16-9-30-93-31-11-29-90-67(65(87)88)36-53(79)57(73-41(2)76)61(92-67)59(83)55(81)38-71-63(85)47-23-19-45(20-24-47)43-14-7-4-8-15-43;;;/h3-8,12-15,17-26,34,52-61,78-83H,9-11,16,27-33,35-38H2,1-2H3,(H,69,86)(H,70,84)(H,71,85)(H,72,75)(H,73,76)(H,87,88);;;1H2/q-1;2*+1;/p-2/t52-,53-,54+,55+,56+,57+,58+,59+,60+,61+,66+,67+;;;/m0.../s1. The van der Waals surface area contributed by atoms with E-state index >= 15 is 0 Å². The second kappa shape index (κ2) is 41.7. The maximum absolute atomic E-state index is 13.2. The first-order valence-corrected chi connectivity index (χ1v) is 33.6. The zero-order valence-electron chi connectivity index (χ0n) is 54.1. The Morgan fingerprint density at radius 1 is 0.598 bits per heavy atom. The molecule has 0 spiro atoms. The molecule has 2 fully saturated rings. The van der Waals surface area contributed by atoms with Gasteiger partial charge in [-0.3, -0.25) is 28.8 Å². The van der Waals surface area contributed by atoms with Gasteiger partial charge < -0.3 is 96.3 Å². The molecule has 30 heteroatoms. The number of thioether (sulfide) groups is 2. The summed E-state index contributed by atoms with van der Waals surface area (Å²) in [7, 11) is 0. The van der Waals surface area contributed by atoms with Crippen LogP contribution in [0, 0.1) is 0 Å². The van der Waals surface area contributed by atoms with Crippen molar-refractivity contribution in [1.29, 1.82) is 0 Å². The third kappa shape index (κ3) is 24.7. The van der Waals surface area contributed by atoms with E-state index in [4.69, 9.17) is 18.9 Å². The Kier molecular flexibility index (Phi) is 36.3. The van der Waals surface area contributed by atoms with E-state index in [2.05, 4.69) is 42.5 Å².